The number of rotatable bonds is 5. The minimum atomic E-state index is -0.862. The van der Waals surface area contributed by atoms with E-state index < -0.39 is 29.4 Å². The first-order chi connectivity index (χ1) is 18.3. The van der Waals surface area contributed by atoms with Crippen LogP contribution < -0.4 is 24.5 Å². The number of nitrogens with zero attached hydrogens (tertiary/aromatic N) is 3. The molecule has 5 rings (SSSR count). The molecule has 3 heterocycles. The molecule has 2 aromatic carbocycles. The summed E-state index contributed by atoms with van der Waals surface area (Å²) >= 11 is 1.04. The molecule has 1 atom stereocenters. The number of hydrogen-bond acceptors (Lipinski definition) is 8. The maximum Gasteiger partial charge on any atom is 0.338 e. The molecular formula is C28H23N3O6S. The molecule has 10 heteroatoms. The molecule has 192 valence electrons. The van der Waals surface area contributed by atoms with E-state index in [1.165, 1.54) is 17.6 Å². The molecular weight excluding hydrogens is 506 g/mol. The molecule has 0 N–H and O–H groups in total. The van der Waals surface area contributed by atoms with Crippen molar-refractivity contribution in [2.75, 3.05) is 18.6 Å². The molecule has 2 amide bonds. The summed E-state index contributed by atoms with van der Waals surface area (Å²) in [4.78, 5) is 58.9. The third-order valence-electron chi connectivity index (χ3n) is 6.35. The Balaban J connectivity index is 1.80. The number of aromatic nitrogens is 1. The molecule has 0 aliphatic carbocycles. The quantitative estimate of drug-likeness (QED) is 0.371. The number of carbonyl (C=O) groups is 3. The monoisotopic (exact) mass is 529 g/mol. The Morgan fingerprint density at radius 2 is 1.84 bits per heavy atom. The molecule has 0 saturated heterocycles. The van der Waals surface area contributed by atoms with Gasteiger partial charge in [0.2, 0.25) is 5.91 Å². The van der Waals surface area contributed by atoms with E-state index in [2.05, 4.69) is 11.6 Å². The zero-order chi connectivity index (χ0) is 27.1. The number of para-hydroxylation sites is 1. The van der Waals surface area contributed by atoms with Gasteiger partial charge in [0.05, 0.1) is 35.7 Å². The molecule has 9 nitrogen and oxygen atoms in total. The summed E-state index contributed by atoms with van der Waals surface area (Å²) in [5.74, 6) is -1.05. The Morgan fingerprint density at radius 1 is 1.13 bits per heavy atom. The highest BCUT2D eigenvalue weighted by atomic mass is 32.1. The summed E-state index contributed by atoms with van der Waals surface area (Å²) in [6, 6.07) is 13.0. The van der Waals surface area contributed by atoms with Crippen LogP contribution in [0.25, 0.3) is 5.57 Å². The van der Waals surface area contributed by atoms with Gasteiger partial charge in [-0.15, -0.1) is 0 Å². The molecule has 38 heavy (non-hydrogen) atoms. The molecule has 0 bridgehead atoms. The Bertz CT molecular complexity index is 1730. The summed E-state index contributed by atoms with van der Waals surface area (Å²) in [6.45, 7) is 6.55. The largest absolute Gasteiger partial charge is 0.497 e. The number of ether oxygens (including phenoxy) is 2. The van der Waals surface area contributed by atoms with Gasteiger partial charge in [-0.25, -0.2) is 14.7 Å². The fourth-order valence-corrected chi connectivity index (χ4v) is 5.83. The third-order valence-corrected chi connectivity index (χ3v) is 7.41. The number of imide groups is 1. The number of amides is 2. The van der Waals surface area contributed by atoms with Crippen LogP contribution in [0.5, 0.6) is 5.75 Å². The number of anilines is 1. The number of benzene rings is 2. The predicted molar refractivity (Wildman–Crippen MR) is 141 cm³/mol. The van der Waals surface area contributed by atoms with Crippen molar-refractivity contribution in [1.82, 2.24) is 4.57 Å². The van der Waals surface area contributed by atoms with Crippen molar-refractivity contribution >= 4 is 40.4 Å². The smallest absolute Gasteiger partial charge is 0.338 e. The number of esters is 1. The first-order valence-electron chi connectivity index (χ1n) is 11.7. The normalized spacial score (nSPS) is 17.5. The summed E-state index contributed by atoms with van der Waals surface area (Å²) in [7, 11) is 1.54. The number of hydrogen-bond donors (Lipinski definition) is 0. The van der Waals surface area contributed by atoms with E-state index in [9.17, 15) is 19.2 Å². The van der Waals surface area contributed by atoms with Gasteiger partial charge in [0.1, 0.15) is 16.9 Å². The van der Waals surface area contributed by atoms with Crippen LogP contribution in [0.2, 0.25) is 0 Å². The van der Waals surface area contributed by atoms with Crippen molar-refractivity contribution < 1.29 is 23.9 Å². The lowest BCUT2D eigenvalue weighted by Crippen LogP contribution is -2.41. The van der Waals surface area contributed by atoms with Crippen molar-refractivity contribution in [1.29, 1.82) is 0 Å². The van der Waals surface area contributed by atoms with Crippen LogP contribution in [0.4, 0.5) is 5.69 Å². The average molecular weight is 530 g/mol. The fourth-order valence-electron chi connectivity index (χ4n) is 4.70. The minimum Gasteiger partial charge on any atom is -0.497 e. The highest BCUT2D eigenvalue weighted by molar-refractivity contribution is 7.07. The second kappa shape index (κ2) is 9.71. The van der Waals surface area contributed by atoms with Gasteiger partial charge in [-0.05, 0) is 30.7 Å². The first kappa shape index (κ1) is 25.1. The second-order valence-corrected chi connectivity index (χ2v) is 9.59. The maximum atomic E-state index is 14.0. The predicted octanol–water partition coefficient (Wildman–Crippen LogP) is 2.24. The zero-order valence-corrected chi connectivity index (χ0v) is 21.7. The topological polar surface area (TPSA) is 107 Å². The first-order valence-corrected chi connectivity index (χ1v) is 12.5. The van der Waals surface area contributed by atoms with E-state index in [1.807, 2.05) is 0 Å². The van der Waals surface area contributed by atoms with E-state index >= 15 is 0 Å². The highest BCUT2D eigenvalue weighted by Crippen LogP contribution is 2.36. The number of fused-ring (bicyclic) bond motifs is 2. The van der Waals surface area contributed by atoms with Crippen LogP contribution in [0.15, 0.2) is 82.2 Å². The number of thiazole rings is 1. The number of carbonyl (C=O) groups excluding carboxylic acids is 3. The van der Waals surface area contributed by atoms with Crippen molar-refractivity contribution in [3.8, 4) is 5.75 Å². The van der Waals surface area contributed by atoms with Gasteiger partial charge in [-0.3, -0.25) is 19.0 Å². The third kappa shape index (κ3) is 3.90. The van der Waals surface area contributed by atoms with Crippen molar-refractivity contribution in [2.24, 2.45) is 4.99 Å². The van der Waals surface area contributed by atoms with Crippen molar-refractivity contribution in [2.45, 2.75) is 19.9 Å². The van der Waals surface area contributed by atoms with E-state index in [1.54, 1.807) is 62.6 Å². The van der Waals surface area contributed by atoms with Crippen LogP contribution in [-0.4, -0.2) is 36.1 Å². The number of allylic oxidation sites excluding steroid dienone is 1. The molecule has 0 radical (unpaired) electrons. The van der Waals surface area contributed by atoms with Crippen LogP contribution in [0.1, 0.15) is 31.0 Å². The average Bonchev–Trinajstić information content (AvgIpc) is 3.38. The molecule has 0 fully saturated rings. The van der Waals surface area contributed by atoms with Crippen molar-refractivity contribution in [3.63, 3.8) is 0 Å². The zero-order valence-electron chi connectivity index (χ0n) is 20.9. The van der Waals surface area contributed by atoms with Gasteiger partial charge >= 0.3 is 5.97 Å². The molecule has 0 saturated carbocycles. The van der Waals surface area contributed by atoms with Gasteiger partial charge < -0.3 is 9.47 Å². The second-order valence-electron chi connectivity index (χ2n) is 8.61. The van der Waals surface area contributed by atoms with Gasteiger partial charge in [0, 0.05) is 12.5 Å². The van der Waals surface area contributed by atoms with Crippen LogP contribution in [-0.2, 0) is 19.1 Å². The summed E-state index contributed by atoms with van der Waals surface area (Å²) in [6.07, 6.45) is 1.46. The molecule has 3 aromatic rings. The summed E-state index contributed by atoms with van der Waals surface area (Å²) in [5, 5.41) is 0. The Kier molecular flexibility index (Phi) is 6.41. The Morgan fingerprint density at radius 3 is 2.50 bits per heavy atom. The van der Waals surface area contributed by atoms with Gasteiger partial charge in [-0.1, -0.05) is 54.3 Å². The van der Waals surface area contributed by atoms with Crippen LogP contribution in [0.3, 0.4) is 0 Å². The Hall–Kier alpha value is -4.57. The lowest BCUT2D eigenvalue weighted by atomic mass is 9.96. The van der Waals surface area contributed by atoms with E-state index in [-0.39, 0.29) is 22.3 Å². The fraction of sp³-hybridized carbons (Fsp3) is 0.179. The van der Waals surface area contributed by atoms with Crippen LogP contribution >= 0.6 is 11.3 Å². The SMILES string of the molecule is C=CCOC(=O)C1=C(C)N=c2s/c(=C3\C(=O)N(C(C)=O)c4ccccc43)c(=O)n2C1c1ccc(OC)cc1. The highest BCUT2D eigenvalue weighted by Gasteiger charge is 2.38. The lowest BCUT2D eigenvalue weighted by Gasteiger charge is -2.24. The molecule has 2 aliphatic rings. The standard InChI is InChI=1S/C28H23N3O6S/c1-5-14-37-27(35)21-15(2)29-28-31(23(21)17-10-12-18(36-4)13-11-17)26(34)24(38-28)22-19-8-6-7-9-20(19)30(16(3)32)25(22)33/h5-13,23H,1,14H2,2-4H3/b24-22-. The number of methoxy groups -OCH3 is 1. The maximum absolute atomic E-state index is 14.0. The van der Waals surface area contributed by atoms with E-state index in [4.69, 9.17) is 9.47 Å². The lowest BCUT2D eigenvalue weighted by molar-refractivity contribution is -0.138. The summed E-state index contributed by atoms with van der Waals surface area (Å²) < 4.78 is 12.2. The van der Waals surface area contributed by atoms with Gasteiger partial charge in [-0.2, -0.15) is 0 Å². The molecule has 0 spiro atoms. The van der Waals surface area contributed by atoms with E-state index in [0.29, 0.717) is 33.1 Å². The minimum absolute atomic E-state index is 0.00825. The Labute approximate surface area is 221 Å². The molecule has 1 unspecified atom stereocenters. The molecule has 2 aliphatic heterocycles. The summed E-state index contributed by atoms with van der Waals surface area (Å²) in [5.41, 5.74) is 1.75. The van der Waals surface area contributed by atoms with Crippen molar-refractivity contribution in [3.05, 3.63) is 103 Å². The van der Waals surface area contributed by atoms with E-state index in [0.717, 1.165) is 16.2 Å². The van der Waals surface area contributed by atoms with Crippen LogP contribution in [0, 0.1) is 0 Å². The van der Waals surface area contributed by atoms with Gasteiger partial charge in [0.15, 0.2) is 4.80 Å². The molecule has 1 aromatic heterocycles. The van der Waals surface area contributed by atoms with Gasteiger partial charge in [0.25, 0.3) is 11.5 Å².